The molecule has 0 fully saturated rings. The van der Waals surface area contributed by atoms with E-state index < -0.39 is 0 Å². The summed E-state index contributed by atoms with van der Waals surface area (Å²) >= 11 is 7.58. The van der Waals surface area contributed by atoms with Gasteiger partial charge < -0.3 is 11.1 Å². The van der Waals surface area contributed by atoms with Gasteiger partial charge >= 0.3 is 0 Å². The molecule has 0 aliphatic rings. The molecule has 1 aromatic heterocycles. The molecular formula is C11H19ClN2S. The maximum Gasteiger partial charge on any atom is 0.0931 e. The van der Waals surface area contributed by atoms with Crippen LogP contribution in [0.4, 0.5) is 0 Å². The van der Waals surface area contributed by atoms with E-state index in [-0.39, 0.29) is 11.5 Å². The molecular weight excluding hydrogens is 228 g/mol. The maximum absolute atomic E-state index is 5.93. The number of halogens is 1. The zero-order chi connectivity index (χ0) is 11.5. The molecule has 1 rings (SSSR count). The first-order valence-electron chi connectivity index (χ1n) is 5.14. The highest BCUT2D eigenvalue weighted by Crippen LogP contribution is 2.31. The van der Waals surface area contributed by atoms with Crippen molar-refractivity contribution in [1.29, 1.82) is 0 Å². The van der Waals surface area contributed by atoms with Crippen molar-refractivity contribution >= 4 is 22.9 Å². The average molecular weight is 247 g/mol. The van der Waals surface area contributed by atoms with Gasteiger partial charge in [0.1, 0.15) is 0 Å². The third-order valence-electron chi connectivity index (χ3n) is 2.27. The Kier molecular flexibility index (Phi) is 4.59. The zero-order valence-electron chi connectivity index (χ0n) is 9.51. The first-order chi connectivity index (χ1) is 6.92. The molecule has 0 amide bonds. The van der Waals surface area contributed by atoms with Gasteiger partial charge in [0.2, 0.25) is 0 Å². The third-order valence-corrected chi connectivity index (χ3v) is 3.87. The minimum absolute atomic E-state index is 0.118. The molecule has 0 saturated heterocycles. The van der Waals surface area contributed by atoms with E-state index in [0.717, 1.165) is 17.4 Å². The monoisotopic (exact) mass is 246 g/mol. The second-order valence-electron chi connectivity index (χ2n) is 4.60. The van der Waals surface area contributed by atoms with Crippen LogP contribution < -0.4 is 11.1 Å². The van der Waals surface area contributed by atoms with Gasteiger partial charge in [-0.1, -0.05) is 25.4 Å². The summed E-state index contributed by atoms with van der Waals surface area (Å²) in [5, 5.41) is 3.37. The Morgan fingerprint density at radius 1 is 1.53 bits per heavy atom. The van der Waals surface area contributed by atoms with Crippen molar-refractivity contribution in [2.75, 3.05) is 13.1 Å². The molecule has 1 unspecified atom stereocenters. The van der Waals surface area contributed by atoms with Gasteiger partial charge in [0.15, 0.2) is 0 Å². The van der Waals surface area contributed by atoms with Gasteiger partial charge in [-0.15, -0.1) is 11.3 Å². The molecule has 3 N–H and O–H groups in total. The van der Waals surface area contributed by atoms with Crippen LogP contribution in [0.25, 0.3) is 0 Å². The van der Waals surface area contributed by atoms with Crippen LogP contribution in [-0.4, -0.2) is 19.1 Å². The van der Waals surface area contributed by atoms with E-state index in [9.17, 15) is 0 Å². The Hall–Kier alpha value is -0.0900. The third kappa shape index (κ3) is 4.11. The molecule has 0 aliphatic carbocycles. The van der Waals surface area contributed by atoms with Crippen LogP contribution in [0.15, 0.2) is 12.1 Å². The van der Waals surface area contributed by atoms with Crippen molar-refractivity contribution in [3.8, 4) is 0 Å². The quantitative estimate of drug-likeness (QED) is 0.838. The summed E-state index contributed by atoms with van der Waals surface area (Å²) in [6.07, 6.45) is 0. The SMILES string of the molecule is CC(N)CNCC(C)(C)c1ccc(Cl)s1. The molecule has 86 valence electrons. The summed E-state index contributed by atoms with van der Waals surface area (Å²) in [6, 6.07) is 4.25. The molecule has 0 saturated carbocycles. The lowest BCUT2D eigenvalue weighted by molar-refractivity contribution is 0.465. The zero-order valence-corrected chi connectivity index (χ0v) is 11.1. The second kappa shape index (κ2) is 5.30. The summed E-state index contributed by atoms with van der Waals surface area (Å²) in [7, 11) is 0. The molecule has 0 bridgehead atoms. The smallest absolute Gasteiger partial charge is 0.0931 e. The van der Waals surface area contributed by atoms with Gasteiger partial charge in [0.05, 0.1) is 4.34 Å². The van der Waals surface area contributed by atoms with Gasteiger partial charge in [-0.2, -0.15) is 0 Å². The van der Waals surface area contributed by atoms with Crippen molar-refractivity contribution in [3.63, 3.8) is 0 Å². The molecule has 1 aromatic rings. The van der Waals surface area contributed by atoms with E-state index in [1.54, 1.807) is 11.3 Å². The second-order valence-corrected chi connectivity index (χ2v) is 6.31. The number of nitrogens with two attached hydrogens (primary N) is 1. The topological polar surface area (TPSA) is 38.0 Å². The minimum Gasteiger partial charge on any atom is -0.327 e. The predicted molar refractivity (Wildman–Crippen MR) is 68.9 cm³/mol. The van der Waals surface area contributed by atoms with E-state index in [0.29, 0.717) is 0 Å². The lowest BCUT2D eigenvalue weighted by atomic mass is 9.91. The van der Waals surface area contributed by atoms with Gasteiger partial charge in [-0.25, -0.2) is 0 Å². The molecule has 0 aromatic carbocycles. The van der Waals surface area contributed by atoms with Crippen LogP contribution in [0.3, 0.4) is 0 Å². The minimum atomic E-state index is 0.118. The summed E-state index contributed by atoms with van der Waals surface area (Å²) in [5.74, 6) is 0. The Morgan fingerprint density at radius 2 is 2.20 bits per heavy atom. The molecule has 4 heteroatoms. The number of rotatable bonds is 5. The summed E-state index contributed by atoms with van der Waals surface area (Å²) < 4.78 is 0.852. The first-order valence-corrected chi connectivity index (χ1v) is 6.33. The maximum atomic E-state index is 5.93. The fourth-order valence-corrected chi connectivity index (χ4v) is 2.52. The Morgan fingerprint density at radius 3 is 2.67 bits per heavy atom. The van der Waals surface area contributed by atoms with E-state index >= 15 is 0 Å². The van der Waals surface area contributed by atoms with E-state index in [4.69, 9.17) is 17.3 Å². The molecule has 0 radical (unpaired) electrons. The largest absolute Gasteiger partial charge is 0.327 e. The molecule has 1 heterocycles. The van der Waals surface area contributed by atoms with Crippen LogP contribution in [0, 0.1) is 0 Å². The standard InChI is InChI=1S/C11H19ClN2S/c1-8(13)6-14-7-11(2,3)9-4-5-10(12)15-9/h4-5,8,14H,6-7,13H2,1-3H3. The van der Waals surface area contributed by atoms with Crippen molar-refractivity contribution in [2.45, 2.75) is 32.2 Å². The van der Waals surface area contributed by atoms with E-state index in [1.165, 1.54) is 4.88 Å². The van der Waals surface area contributed by atoms with E-state index in [2.05, 4.69) is 25.2 Å². The Bertz CT molecular complexity index is 307. The first kappa shape index (κ1) is 13.0. The summed E-state index contributed by atoms with van der Waals surface area (Å²) in [6.45, 7) is 8.20. The average Bonchev–Trinajstić information content (AvgIpc) is 2.51. The predicted octanol–water partition coefficient (Wildman–Crippen LogP) is 2.62. The number of hydrogen-bond acceptors (Lipinski definition) is 3. The number of hydrogen-bond donors (Lipinski definition) is 2. The van der Waals surface area contributed by atoms with Crippen LogP contribution in [0.2, 0.25) is 4.34 Å². The van der Waals surface area contributed by atoms with Crippen molar-refractivity contribution in [1.82, 2.24) is 5.32 Å². The van der Waals surface area contributed by atoms with Crippen molar-refractivity contribution in [2.24, 2.45) is 5.73 Å². The molecule has 0 aliphatic heterocycles. The molecule has 2 nitrogen and oxygen atoms in total. The van der Waals surface area contributed by atoms with Crippen LogP contribution in [0.1, 0.15) is 25.6 Å². The summed E-state index contributed by atoms with van der Waals surface area (Å²) in [4.78, 5) is 1.31. The fourth-order valence-electron chi connectivity index (χ4n) is 1.38. The van der Waals surface area contributed by atoms with Crippen LogP contribution in [0.5, 0.6) is 0 Å². The summed E-state index contributed by atoms with van der Waals surface area (Å²) in [5.41, 5.74) is 5.80. The Labute approximate surface area is 101 Å². The molecule has 1 atom stereocenters. The molecule has 15 heavy (non-hydrogen) atoms. The highest BCUT2D eigenvalue weighted by molar-refractivity contribution is 7.16. The lowest BCUT2D eigenvalue weighted by Gasteiger charge is -2.24. The number of thiophene rings is 1. The number of nitrogens with one attached hydrogen (secondary N) is 1. The van der Waals surface area contributed by atoms with Gasteiger partial charge in [-0.3, -0.25) is 0 Å². The molecule has 0 spiro atoms. The van der Waals surface area contributed by atoms with Gasteiger partial charge in [-0.05, 0) is 19.1 Å². The Balaban J connectivity index is 2.51. The van der Waals surface area contributed by atoms with Crippen LogP contribution in [-0.2, 0) is 5.41 Å². The van der Waals surface area contributed by atoms with Gasteiger partial charge in [0.25, 0.3) is 0 Å². The normalized spacial score (nSPS) is 14.2. The fraction of sp³-hybridized carbons (Fsp3) is 0.636. The lowest BCUT2D eigenvalue weighted by Crippen LogP contribution is -2.38. The highest BCUT2D eigenvalue weighted by atomic mass is 35.5. The van der Waals surface area contributed by atoms with Gasteiger partial charge in [0, 0.05) is 29.4 Å². The van der Waals surface area contributed by atoms with Crippen LogP contribution >= 0.6 is 22.9 Å². The highest BCUT2D eigenvalue weighted by Gasteiger charge is 2.22. The van der Waals surface area contributed by atoms with Crippen molar-refractivity contribution in [3.05, 3.63) is 21.3 Å². The van der Waals surface area contributed by atoms with Crippen molar-refractivity contribution < 1.29 is 0 Å². The van der Waals surface area contributed by atoms with E-state index in [1.807, 2.05) is 13.0 Å².